The molecule has 0 spiro atoms. The Morgan fingerprint density at radius 2 is 2.15 bits per heavy atom. The van der Waals surface area contributed by atoms with E-state index in [4.69, 9.17) is 0 Å². The highest BCUT2D eigenvalue weighted by molar-refractivity contribution is 6.07. The molecule has 1 aliphatic heterocycles. The summed E-state index contributed by atoms with van der Waals surface area (Å²) < 4.78 is 0. The van der Waals surface area contributed by atoms with Gasteiger partial charge in [0.1, 0.15) is 0 Å². The van der Waals surface area contributed by atoms with Crippen LogP contribution in [-0.4, -0.2) is 23.2 Å². The summed E-state index contributed by atoms with van der Waals surface area (Å²) >= 11 is 0. The van der Waals surface area contributed by atoms with Crippen LogP contribution in [-0.2, 0) is 4.79 Å². The number of amides is 1. The summed E-state index contributed by atoms with van der Waals surface area (Å²) in [6, 6.07) is 0. The molecule has 3 heteroatoms. The van der Waals surface area contributed by atoms with E-state index in [1.54, 1.807) is 5.01 Å². The Bertz CT molecular complexity index is 223. The quantitative estimate of drug-likeness (QED) is 0.654. The van der Waals surface area contributed by atoms with Crippen molar-refractivity contribution < 1.29 is 4.79 Å². The van der Waals surface area contributed by atoms with Gasteiger partial charge in [-0.25, -0.2) is 5.01 Å². The predicted molar refractivity (Wildman–Crippen MR) is 53.5 cm³/mol. The fourth-order valence-corrected chi connectivity index (χ4v) is 1.50. The molecule has 1 aliphatic rings. The highest BCUT2D eigenvalue weighted by Crippen LogP contribution is 2.17. The van der Waals surface area contributed by atoms with Gasteiger partial charge < -0.3 is 0 Å². The molecule has 0 bridgehead atoms. The monoisotopic (exact) mass is 182 g/mol. The number of rotatable bonds is 4. The molecule has 0 fully saturated rings. The first-order valence-electron chi connectivity index (χ1n) is 5.09. The third kappa shape index (κ3) is 2.08. The summed E-state index contributed by atoms with van der Waals surface area (Å²) in [5.41, 5.74) is 1.03. The van der Waals surface area contributed by atoms with Crippen molar-refractivity contribution in [1.29, 1.82) is 0 Å². The van der Waals surface area contributed by atoms with Gasteiger partial charge in [-0.2, -0.15) is 5.10 Å². The number of carbonyl (C=O) groups is 1. The van der Waals surface area contributed by atoms with E-state index in [1.165, 1.54) is 0 Å². The van der Waals surface area contributed by atoms with Crippen LogP contribution in [0, 0.1) is 5.92 Å². The van der Waals surface area contributed by atoms with Gasteiger partial charge in [0.05, 0.1) is 11.6 Å². The van der Waals surface area contributed by atoms with Gasteiger partial charge in [-0.15, -0.1) is 0 Å². The van der Waals surface area contributed by atoms with E-state index >= 15 is 0 Å². The second kappa shape index (κ2) is 4.40. The molecule has 1 atom stereocenters. The molecule has 3 nitrogen and oxygen atoms in total. The van der Waals surface area contributed by atoms with Gasteiger partial charge in [0.15, 0.2) is 0 Å². The maximum absolute atomic E-state index is 11.6. The summed E-state index contributed by atoms with van der Waals surface area (Å²) in [7, 11) is 0. The molecular weight excluding hydrogens is 164 g/mol. The van der Waals surface area contributed by atoms with Gasteiger partial charge in [0, 0.05) is 6.54 Å². The lowest BCUT2D eigenvalue weighted by atomic mass is 10.0. The van der Waals surface area contributed by atoms with Crippen molar-refractivity contribution in [2.24, 2.45) is 11.0 Å². The van der Waals surface area contributed by atoms with Crippen molar-refractivity contribution in [1.82, 2.24) is 5.01 Å². The molecule has 0 saturated heterocycles. The number of carbonyl (C=O) groups excluding carboxylic acids is 1. The Hall–Kier alpha value is -0.860. The molecule has 1 rings (SSSR count). The summed E-state index contributed by atoms with van der Waals surface area (Å²) in [6.45, 7) is 6.89. The molecular formula is C10H18N2O. The van der Waals surface area contributed by atoms with Gasteiger partial charge >= 0.3 is 0 Å². The lowest BCUT2D eigenvalue weighted by Gasteiger charge is -2.11. The maximum Gasteiger partial charge on any atom is 0.251 e. The van der Waals surface area contributed by atoms with Crippen LogP contribution in [0.4, 0.5) is 0 Å². The van der Waals surface area contributed by atoms with Crippen LogP contribution in [0.25, 0.3) is 0 Å². The normalized spacial score (nSPS) is 22.4. The van der Waals surface area contributed by atoms with Crippen LogP contribution >= 0.6 is 0 Å². The first kappa shape index (κ1) is 10.2. The lowest BCUT2D eigenvalue weighted by Crippen LogP contribution is -2.26. The van der Waals surface area contributed by atoms with Gasteiger partial charge in [-0.1, -0.05) is 20.3 Å². The average Bonchev–Trinajstić information content (AvgIpc) is 2.41. The van der Waals surface area contributed by atoms with Crippen molar-refractivity contribution in [2.75, 3.05) is 6.54 Å². The topological polar surface area (TPSA) is 32.7 Å². The van der Waals surface area contributed by atoms with E-state index in [2.05, 4.69) is 12.0 Å². The van der Waals surface area contributed by atoms with E-state index in [1.807, 2.05) is 13.8 Å². The Morgan fingerprint density at radius 3 is 2.62 bits per heavy atom. The van der Waals surface area contributed by atoms with Gasteiger partial charge in [0.2, 0.25) is 0 Å². The zero-order valence-corrected chi connectivity index (χ0v) is 8.71. The zero-order chi connectivity index (χ0) is 9.84. The van der Waals surface area contributed by atoms with E-state index in [0.29, 0.717) is 0 Å². The molecule has 0 aromatic rings. The smallest absolute Gasteiger partial charge is 0.251 e. The van der Waals surface area contributed by atoms with Crippen LogP contribution in [0.3, 0.4) is 0 Å². The molecule has 0 saturated carbocycles. The minimum atomic E-state index is 0.0156. The molecule has 13 heavy (non-hydrogen) atoms. The number of hydrogen-bond donors (Lipinski definition) is 0. The Balaban J connectivity index is 2.57. The zero-order valence-electron chi connectivity index (χ0n) is 8.71. The number of nitrogens with zero attached hydrogens (tertiary/aromatic N) is 2. The summed E-state index contributed by atoms with van der Waals surface area (Å²) in [5.74, 6) is 0.187. The van der Waals surface area contributed by atoms with Crippen LogP contribution in [0.1, 0.15) is 40.0 Å². The van der Waals surface area contributed by atoms with E-state index < -0.39 is 0 Å². The van der Waals surface area contributed by atoms with Gasteiger partial charge in [-0.05, 0) is 19.8 Å². The van der Waals surface area contributed by atoms with Crippen molar-refractivity contribution in [3.63, 3.8) is 0 Å². The van der Waals surface area contributed by atoms with Crippen LogP contribution in [0.15, 0.2) is 5.10 Å². The minimum absolute atomic E-state index is 0.0156. The SMILES string of the molecule is CCCCN1N=C(CC)C(C)C1=O. The van der Waals surface area contributed by atoms with E-state index in [9.17, 15) is 4.79 Å². The fraction of sp³-hybridized carbons (Fsp3) is 0.800. The van der Waals surface area contributed by atoms with Crippen LogP contribution < -0.4 is 0 Å². The Labute approximate surface area is 79.8 Å². The largest absolute Gasteiger partial charge is 0.272 e. The molecule has 0 aromatic carbocycles. The second-order valence-electron chi connectivity index (χ2n) is 3.48. The lowest BCUT2D eigenvalue weighted by molar-refractivity contribution is -0.131. The third-order valence-corrected chi connectivity index (χ3v) is 2.46. The highest BCUT2D eigenvalue weighted by Gasteiger charge is 2.30. The third-order valence-electron chi connectivity index (χ3n) is 2.46. The van der Waals surface area contributed by atoms with Crippen molar-refractivity contribution in [3.05, 3.63) is 0 Å². The van der Waals surface area contributed by atoms with E-state index in [0.717, 1.165) is 31.5 Å². The minimum Gasteiger partial charge on any atom is -0.272 e. The summed E-state index contributed by atoms with van der Waals surface area (Å²) in [6.07, 6.45) is 3.03. The molecule has 0 aliphatic carbocycles. The second-order valence-corrected chi connectivity index (χ2v) is 3.48. The summed E-state index contributed by atoms with van der Waals surface area (Å²) in [5, 5.41) is 5.94. The van der Waals surface area contributed by atoms with Crippen LogP contribution in [0.2, 0.25) is 0 Å². The van der Waals surface area contributed by atoms with Crippen molar-refractivity contribution in [3.8, 4) is 0 Å². The molecule has 1 amide bonds. The maximum atomic E-state index is 11.6. The molecule has 0 radical (unpaired) electrons. The van der Waals surface area contributed by atoms with E-state index in [-0.39, 0.29) is 11.8 Å². The van der Waals surface area contributed by atoms with Gasteiger partial charge in [-0.3, -0.25) is 4.79 Å². The fourth-order valence-electron chi connectivity index (χ4n) is 1.50. The number of hydrogen-bond acceptors (Lipinski definition) is 2. The Morgan fingerprint density at radius 1 is 1.46 bits per heavy atom. The molecule has 74 valence electrons. The van der Waals surface area contributed by atoms with Crippen molar-refractivity contribution in [2.45, 2.75) is 40.0 Å². The van der Waals surface area contributed by atoms with Gasteiger partial charge in [0.25, 0.3) is 5.91 Å². The predicted octanol–water partition coefficient (Wildman–Crippen LogP) is 2.03. The Kier molecular flexibility index (Phi) is 3.46. The highest BCUT2D eigenvalue weighted by atomic mass is 16.2. The first-order chi connectivity index (χ1) is 6.20. The first-order valence-corrected chi connectivity index (χ1v) is 5.09. The summed E-state index contributed by atoms with van der Waals surface area (Å²) in [4.78, 5) is 11.6. The molecule has 1 unspecified atom stereocenters. The molecule has 0 aromatic heterocycles. The van der Waals surface area contributed by atoms with Crippen LogP contribution in [0.5, 0.6) is 0 Å². The van der Waals surface area contributed by atoms with Crippen molar-refractivity contribution >= 4 is 11.6 Å². The molecule has 0 N–H and O–H groups in total. The standard InChI is InChI=1S/C10H18N2O/c1-4-6-7-12-10(13)8(3)9(5-2)11-12/h8H,4-7H2,1-3H3. The molecule has 1 heterocycles. The number of unbranched alkanes of at least 4 members (excludes halogenated alkanes) is 1. The average molecular weight is 182 g/mol. The number of hydrazone groups is 1.